The topological polar surface area (TPSA) is 89.0 Å². The van der Waals surface area contributed by atoms with Crippen molar-refractivity contribution in [3.05, 3.63) is 59.5 Å². The van der Waals surface area contributed by atoms with Crippen LogP contribution in [0.2, 0.25) is 0 Å². The van der Waals surface area contributed by atoms with Gasteiger partial charge in [0.15, 0.2) is 0 Å². The largest absolute Gasteiger partial charge is 3.00 e. The standard InChI is InChI=1S/C20H25N2O4.ClH.Fe/c1-25-17-7-5-15(19(23)11-17)13-21-9-3-4-10-22-14-16-6-8-18(26-2)12-20(16)24;;/h5-8,11-14,19,21,24H,3-4,9-10H2,1-2H3;1H;/q-1;;+3/p-2/b15-13-,22-14?;;. The molecule has 8 heteroatoms. The summed E-state index contributed by atoms with van der Waals surface area (Å²) in [6.07, 6.45) is 9.35. The predicted molar refractivity (Wildman–Crippen MR) is 98.2 cm³/mol. The summed E-state index contributed by atoms with van der Waals surface area (Å²) in [4.78, 5) is 4.28. The van der Waals surface area contributed by atoms with Crippen molar-refractivity contribution in [1.82, 2.24) is 5.32 Å². The molecule has 0 aliphatic heterocycles. The number of hydrogen-bond donors (Lipinski definition) is 1. The Morgan fingerprint density at radius 1 is 1.18 bits per heavy atom. The number of hydrogen-bond acceptors (Lipinski definition) is 6. The van der Waals surface area contributed by atoms with Crippen LogP contribution < -0.4 is 32.7 Å². The van der Waals surface area contributed by atoms with Gasteiger partial charge in [-0.2, -0.15) is 0 Å². The van der Waals surface area contributed by atoms with Gasteiger partial charge in [-0.25, -0.2) is 0 Å². The van der Waals surface area contributed by atoms with Crippen LogP contribution in [-0.2, 0) is 21.8 Å². The van der Waals surface area contributed by atoms with E-state index in [0.29, 0.717) is 29.2 Å². The molecule has 1 atom stereocenters. The van der Waals surface area contributed by atoms with E-state index in [2.05, 4.69) is 10.3 Å². The molecule has 153 valence electrons. The van der Waals surface area contributed by atoms with Gasteiger partial charge in [-0.05, 0) is 48.4 Å². The van der Waals surface area contributed by atoms with E-state index in [4.69, 9.17) is 9.47 Å². The Bertz CT molecular complexity index is 720. The molecule has 1 aromatic carbocycles. The molecular weight excluding hydrogens is 424 g/mol. The van der Waals surface area contributed by atoms with Crippen LogP contribution in [0.1, 0.15) is 18.4 Å². The number of allylic oxidation sites excluding steroid dienone is 1. The van der Waals surface area contributed by atoms with Gasteiger partial charge >= 0.3 is 17.1 Å². The number of nitrogens with zero attached hydrogens (tertiary/aromatic N) is 1. The molecule has 1 unspecified atom stereocenters. The monoisotopic (exact) mass is 447 g/mol. The van der Waals surface area contributed by atoms with Gasteiger partial charge in [0.05, 0.1) is 14.2 Å². The zero-order valence-electron chi connectivity index (χ0n) is 15.8. The van der Waals surface area contributed by atoms with Gasteiger partial charge in [-0.3, -0.25) is 4.99 Å². The van der Waals surface area contributed by atoms with Gasteiger partial charge in [-0.1, -0.05) is 30.1 Å². The molecule has 0 spiro atoms. The summed E-state index contributed by atoms with van der Waals surface area (Å²) in [6.45, 7) is 1.41. The molecule has 0 heterocycles. The van der Waals surface area contributed by atoms with Crippen molar-refractivity contribution in [3.8, 4) is 11.5 Å². The second-order valence-corrected chi connectivity index (χ2v) is 5.77. The SMILES string of the molecule is COC1=CC([O-])/C(=C\NCCCCN=Cc2ccc(OC)cc2[O-])C=C1.[Cl-].[Fe+3]. The molecule has 0 fully saturated rings. The molecule has 28 heavy (non-hydrogen) atoms. The van der Waals surface area contributed by atoms with Crippen molar-refractivity contribution in [2.24, 2.45) is 4.99 Å². The van der Waals surface area contributed by atoms with Crippen LogP contribution in [0, 0.1) is 0 Å². The maximum atomic E-state index is 11.9. The van der Waals surface area contributed by atoms with E-state index >= 15 is 0 Å². The second-order valence-electron chi connectivity index (χ2n) is 5.77. The quantitative estimate of drug-likeness (QED) is 0.276. The number of benzene rings is 1. The molecule has 1 radical (unpaired) electrons. The van der Waals surface area contributed by atoms with Crippen molar-refractivity contribution in [1.29, 1.82) is 0 Å². The van der Waals surface area contributed by atoms with Crippen molar-refractivity contribution in [2.75, 3.05) is 27.3 Å². The summed E-state index contributed by atoms with van der Waals surface area (Å²) < 4.78 is 10.0. The fourth-order valence-electron chi connectivity index (χ4n) is 2.37. The Morgan fingerprint density at radius 2 is 1.96 bits per heavy atom. The number of nitrogens with one attached hydrogen (secondary N) is 1. The van der Waals surface area contributed by atoms with Crippen LogP contribution in [0.25, 0.3) is 0 Å². The minimum atomic E-state index is -0.905. The third-order valence-electron chi connectivity index (χ3n) is 3.90. The first-order valence-electron chi connectivity index (χ1n) is 8.52. The van der Waals surface area contributed by atoms with E-state index in [1.165, 1.54) is 13.2 Å². The van der Waals surface area contributed by atoms with Crippen molar-refractivity contribution >= 4 is 6.21 Å². The molecule has 1 aliphatic rings. The van der Waals surface area contributed by atoms with Crippen LogP contribution in [-0.4, -0.2) is 39.6 Å². The van der Waals surface area contributed by atoms with Crippen LogP contribution in [0.4, 0.5) is 0 Å². The average Bonchev–Trinajstić information content (AvgIpc) is 2.65. The molecule has 1 N–H and O–H groups in total. The van der Waals surface area contributed by atoms with E-state index in [0.717, 1.165) is 19.4 Å². The normalized spacial score (nSPS) is 16.9. The third-order valence-corrected chi connectivity index (χ3v) is 3.90. The summed E-state index contributed by atoms with van der Waals surface area (Å²) >= 11 is 0. The molecule has 0 bridgehead atoms. The van der Waals surface area contributed by atoms with E-state index in [1.54, 1.807) is 49.9 Å². The van der Waals surface area contributed by atoms with E-state index in [-0.39, 0.29) is 35.2 Å². The fraction of sp³-hybridized carbons (Fsp3) is 0.350. The molecular formula is C20H24ClFeN2O4. The summed E-state index contributed by atoms with van der Waals surface area (Å²) in [7, 11) is 3.08. The van der Waals surface area contributed by atoms with Crippen LogP contribution in [0.3, 0.4) is 0 Å². The zero-order valence-corrected chi connectivity index (χ0v) is 17.7. The Kier molecular flexibility index (Phi) is 13.2. The number of ether oxygens (including phenoxy) is 2. The first-order chi connectivity index (χ1) is 12.6. The smallest absolute Gasteiger partial charge is 1.00 e. The first-order valence-corrected chi connectivity index (χ1v) is 8.52. The van der Waals surface area contributed by atoms with Crippen molar-refractivity contribution < 1.29 is 49.2 Å². The van der Waals surface area contributed by atoms with E-state index < -0.39 is 6.10 Å². The van der Waals surface area contributed by atoms with Gasteiger partial charge in [0, 0.05) is 19.3 Å². The number of halogens is 1. The molecule has 0 saturated heterocycles. The molecule has 0 amide bonds. The number of aliphatic imine (C=N–C) groups is 1. The number of unbranched alkanes of at least 4 members (excludes halogenated alkanes) is 1. The van der Waals surface area contributed by atoms with Gasteiger partial charge in [-0.15, -0.1) is 0 Å². The molecule has 6 nitrogen and oxygen atoms in total. The summed E-state index contributed by atoms with van der Waals surface area (Å²) in [5.74, 6) is 1.05. The summed E-state index contributed by atoms with van der Waals surface area (Å²) in [5, 5.41) is 26.8. The summed E-state index contributed by atoms with van der Waals surface area (Å²) in [5.41, 5.74) is 1.24. The van der Waals surface area contributed by atoms with Crippen molar-refractivity contribution in [2.45, 2.75) is 18.9 Å². The first kappa shape index (κ1) is 26.1. The van der Waals surface area contributed by atoms with E-state index in [1.807, 2.05) is 0 Å². The van der Waals surface area contributed by atoms with Gasteiger partial charge < -0.3 is 37.4 Å². The van der Waals surface area contributed by atoms with Gasteiger partial charge in [0.1, 0.15) is 11.5 Å². The molecule has 2 rings (SSSR count). The van der Waals surface area contributed by atoms with Gasteiger partial charge in [0.2, 0.25) is 0 Å². The number of rotatable bonds is 9. The Balaban J connectivity index is 0.00000364. The Labute approximate surface area is 182 Å². The molecule has 0 saturated carbocycles. The third kappa shape index (κ3) is 8.40. The number of methoxy groups -OCH3 is 2. The minimum absolute atomic E-state index is 0. The van der Waals surface area contributed by atoms with Crippen LogP contribution in [0.15, 0.2) is 59.0 Å². The second kappa shape index (κ2) is 14.1. The maximum absolute atomic E-state index is 11.9. The molecule has 1 aromatic rings. The van der Waals surface area contributed by atoms with Gasteiger partial charge in [0.25, 0.3) is 0 Å². The van der Waals surface area contributed by atoms with Crippen LogP contribution in [0.5, 0.6) is 11.5 Å². The molecule has 1 aliphatic carbocycles. The zero-order chi connectivity index (χ0) is 18.8. The maximum Gasteiger partial charge on any atom is 3.00 e. The van der Waals surface area contributed by atoms with Crippen LogP contribution >= 0.6 is 0 Å². The minimum Gasteiger partial charge on any atom is -1.00 e. The Morgan fingerprint density at radius 3 is 2.61 bits per heavy atom. The summed E-state index contributed by atoms with van der Waals surface area (Å²) in [6, 6.07) is 4.90. The Hall–Kier alpha value is -1.92. The van der Waals surface area contributed by atoms with Crippen molar-refractivity contribution in [3.63, 3.8) is 0 Å². The fourth-order valence-corrected chi connectivity index (χ4v) is 2.37. The predicted octanol–water partition coefficient (Wildman–Crippen LogP) is -1.73. The average molecular weight is 448 g/mol. The van der Waals surface area contributed by atoms with E-state index in [9.17, 15) is 10.2 Å². The molecule has 0 aromatic heterocycles.